The van der Waals surface area contributed by atoms with Gasteiger partial charge in [-0.2, -0.15) is 26.3 Å². The Morgan fingerprint density at radius 1 is 0.571 bits per heavy atom. The van der Waals surface area contributed by atoms with Gasteiger partial charge >= 0.3 is 24.3 Å². The second-order valence-corrected chi connectivity index (χ2v) is 5.53. The summed E-state index contributed by atoms with van der Waals surface area (Å²) in [6.07, 6.45) is -10.1. The smallest absolute Gasteiger partial charge is 0.416 e. The van der Waals surface area contributed by atoms with Crippen LogP contribution in [0.25, 0.3) is 0 Å². The number of carbonyl (C=O) groups excluding carboxylic acids is 1. The Labute approximate surface area is 151 Å². The molecule has 0 aliphatic carbocycles. The van der Waals surface area contributed by atoms with Crippen LogP contribution in [0.5, 0.6) is 0 Å². The van der Waals surface area contributed by atoms with E-state index in [2.05, 4.69) is 0 Å². The second kappa shape index (κ2) is 6.98. The molecule has 0 heterocycles. The number of carboxylic acid groups (broad SMARTS) is 2. The van der Waals surface area contributed by atoms with E-state index in [0.29, 0.717) is 12.1 Å². The Morgan fingerprint density at radius 2 is 0.857 bits per heavy atom. The van der Waals surface area contributed by atoms with E-state index in [-0.39, 0.29) is 24.3 Å². The lowest BCUT2D eigenvalue weighted by Gasteiger charge is -2.12. The van der Waals surface area contributed by atoms with Gasteiger partial charge in [0.15, 0.2) is 5.78 Å². The average molecular weight is 406 g/mol. The van der Waals surface area contributed by atoms with Crippen molar-refractivity contribution in [3.8, 4) is 0 Å². The molecule has 2 rings (SSSR count). The molecule has 0 unspecified atom stereocenters. The minimum atomic E-state index is -5.03. The highest BCUT2D eigenvalue weighted by Crippen LogP contribution is 2.33. The Morgan fingerprint density at radius 3 is 1.11 bits per heavy atom. The summed E-state index contributed by atoms with van der Waals surface area (Å²) in [6.45, 7) is 0. The van der Waals surface area contributed by atoms with Crippen LogP contribution in [0.2, 0.25) is 0 Å². The molecular weight excluding hydrogens is 398 g/mol. The van der Waals surface area contributed by atoms with Gasteiger partial charge in [-0.15, -0.1) is 0 Å². The summed E-state index contributed by atoms with van der Waals surface area (Å²) in [6, 6.07) is 2.17. The lowest BCUT2D eigenvalue weighted by molar-refractivity contribution is -0.138. The van der Waals surface area contributed by atoms with E-state index in [1.165, 1.54) is 0 Å². The molecule has 0 spiro atoms. The van der Waals surface area contributed by atoms with Gasteiger partial charge in [0, 0.05) is 11.1 Å². The maximum absolute atomic E-state index is 12.9. The molecule has 0 amide bonds. The molecular formula is C17H8F6O5. The maximum atomic E-state index is 12.9. The molecule has 0 radical (unpaired) electrons. The predicted molar refractivity (Wildman–Crippen MR) is 80.2 cm³/mol. The van der Waals surface area contributed by atoms with E-state index in [9.17, 15) is 40.7 Å². The largest absolute Gasteiger partial charge is 0.478 e. The molecule has 0 aliphatic heterocycles. The lowest BCUT2D eigenvalue weighted by Crippen LogP contribution is -2.14. The number of hydrogen-bond donors (Lipinski definition) is 2. The highest BCUT2D eigenvalue weighted by molar-refractivity contribution is 6.11. The number of ketones is 1. The van der Waals surface area contributed by atoms with Crippen molar-refractivity contribution >= 4 is 17.7 Å². The fraction of sp³-hybridized carbons (Fsp3) is 0.118. The van der Waals surface area contributed by atoms with Crippen molar-refractivity contribution < 1.29 is 50.9 Å². The van der Waals surface area contributed by atoms with Gasteiger partial charge in [-0.25, -0.2) is 9.59 Å². The lowest BCUT2D eigenvalue weighted by atomic mass is 9.95. The maximum Gasteiger partial charge on any atom is 0.416 e. The first-order valence-electron chi connectivity index (χ1n) is 7.16. The minimum Gasteiger partial charge on any atom is -0.478 e. The van der Waals surface area contributed by atoms with Gasteiger partial charge < -0.3 is 10.2 Å². The molecule has 0 saturated carbocycles. The fourth-order valence-electron chi connectivity index (χ4n) is 2.26. The third-order valence-electron chi connectivity index (χ3n) is 3.54. The number of carboxylic acids is 2. The van der Waals surface area contributed by atoms with Crippen molar-refractivity contribution in [3.63, 3.8) is 0 Å². The van der Waals surface area contributed by atoms with Crippen LogP contribution in [-0.4, -0.2) is 27.9 Å². The summed E-state index contributed by atoms with van der Waals surface area (Å²) in [4.78, 5) is 34.5. The van der Waals surface area contributed by atoms with Gasteiger partial charge in [0.05, 0.1) is 22.3 Å². The summed E-state index contributed by atoms with van der Waals surface area (Å²) in [5.74, 6) is -4.99. The van der Waals surface area contributed by atoms with Crippen LogP contribution in [0.15, 0.2) is 36.4 Å². The summed E-state index contributed by atoms with van der Waals surface area (Å²) in [5.41, 5.74) is -6.54. The van der Waals surface area contributed by atoms with Crippen LogP contribution in [0.4, 0.5) is 26.3 Å². The first-order chi connectivity index (χ1) is 12.7. The van der Waals surface area contributed by atoms with Gasteiger partial charge in [0.1, 0.15) is 0 Å². The van der Waals surface area contributed by atoms with Crippen LogP contribution in [-0.2, 0) is 12.4 Å². The molecule has 0 saturated heterocycles. The normalized spacial score (nSPS) is 11.9. The SMILES string of the molecule is O=C(O)c1cc(C(=O)c2cc(C(=O)O)cc(C(F)(F)F)c2)cc(C(F)(F)F)c1. The number of hydrogen-bond acceptors (Lipinski definition) is 3. The highest BCUT2D eigenvalue weighted by atomic mass is 19.4. The summed E-state index contributed by atoms with van der Waals surface area (Å²) >= 11 is 0. The van der Waals surface area contributed by atoms with E-state index in [1.807, 2.05) is 0 Å². The van der Waals surface area contributed by atoms with Gasteiger partial charge in [0.2, 0.25) is 0 Å². The molecule has 0 bridgehead atoms. The average Bonchev–Trinajstić information content (AvgIpc) is 2.58. The van der Waals surface area contributed by atoms with E-state index < -0.39 is 63.5 Å². The molecule has 0 fully saturated rings. The number of alkyl halides is 6. The fourth-order valence-corrected chi connectivity index (χ4v) is 2.26. The van der Waals surface area contributed by atoms with Crippen molar-refractivity contribution in [3.05, 3.63) is 69.8 Å². The van der Waals surface area contributed by atoms with Crippen LogP contribution < -0.4 is 0 Å². The third-order valence-corrected chi connectivity index (χ3v) is 3.54. The number of aromatic carboxylic acids is 2. The van der Waals surface area contributed by atoms with E-state index in [1.54, 1.807) is 0 Å². The van der Waals surface area contributed by atoms with Crippen LogP contribution in [0.3, 0.4) is 0 Å². The molecule has 0 aromatic heterocycles. The minimum absolute atomic E-state index is 0.258. The predicted octanol–water partition coefficient (Wildman–Crippen LogP) is 4.35. The Hall–Kier alpha value is -3.37. The molecule has 28 heavy (non-hydrogen) atoms. The zero-order chi connectivity index (χ0) is 21.4. The highest BCUT2D eigenvalue weighted by Gasteiger charge is 2.34. The molecule has 5 nitrogen and oxygen atoms in total. The molecule has 11 heteroatoms. The second-order valence-electron chi connectivity index (χ2n) is 5.53. The standard InChI is InChI=1S/C17H8F6O5/c18-16(19,20)11-3-7(1-9(5-11)14(25)26)13(24)8-2-10(15(27)28)6-12(4-8)17(21,22)23/h1-6H,(H,25,26)(H,27,28). The van der Waals surface area contributed by atoms with Gasteiger partial charge in [-0.3, -0.25) is 4.79 Å². The topological polar surface area (TPSA) is 91.7 Å². The van der Waals surface area contributed by atoms with Crippen LogP contribution >= 0.6 is 0 Å². The van der Waals surface area contributed by atoms with Crippen LogP contribution in [0.1, 0.15) is 47.8 Å². The van der Waals surface area contributed by atoms with Gasteiger partial charge in [0.25, 0.3) is 0 Å². The van der Waals surface area contributed by atoms with E-state index in [0.717, 1.165) is 0 Å². The van der Waals surface area contributed by atoms with Gasteiger partial charge in [-0.05, 0) is 36.4 Å². The Kier molecular flexibility index (Phi) is 5.22. The van der Waals surface area contributed by atoms with E-state index in [4.69, 9.17) is 10.2 Å². The van der Waals surface area contributed by atoms with Gasteiger partial charge in [-0.1, -0.05) is 0 Å². The zero-order valence-electron chi connectivity index (χ0n) is 13.4. The number of halogens is 6. The van der Waals surface area contributed by atoms with Crippen molar-refractivity contribution in [2.75, 3.05) is 0 Å². The summed E-state index contributed by atoms with van der Waals surface area (Å²) in [7, 11) is 0. The zero-order valence-corrected chi connectivity index (χ0v) is 13.4. The number of carbonyl (C=O) groups is 3. The Balaban J connectivity index is 2.69. The van der Waals surface area contributed by atoms with Crippen molar-refractivity contribution in [1.29, 1.82) is 0 Å². The van der Waals surface area contributed by atoms with Crippen molar-refractivity contribution in [1.82, 2.24) is 0 Å². The molecule has 2 aromatic rings. The monoisotopic (exact) mass is 406 g/mol. The number of rotatable bonds is 4. The molecule has 148 valence electrons. The molecule has 0 aliphatic rings. The first kappa shape index (κ1) is 20.9. The van der Waals surface area contributed by atoms with Crippen molar-refractivity contribution in [2.45, 2.75) is 12.4 Å². The van der Waals surface area contributed by atoms with E-state index >= 15 is 0 Å². The number of benzene rings is 2. The molecule has 2 N–H and O–H groups in total. The van der Waals surface area contributed by atoms with Crippen molar-refractivity contribution in [2.24, 2.45) is 0 Å². The van der Waals surface area contributed by atoms with Crippen LogP contribution in [0, 0.1) is 0 Å². The quantitative estimate of drug-likeness (QED) is 0.582. The Bertz CT molecular complexity index is 897. The first-order valence-corrected chi connectivity index (χ1v) is 7.16. The summed E-state index contributed by atoms with van der Waals surface area (Å²) in [5, 5.41) is 17.8. The summed E-state index contributed by atoms with van der Waals surface area (Å²) < 4.78 is 77.6. The molecule has 0 atom stereocenters. The third kappa shape index (κ3) is 4.48. The molecule has 2 aromatic carbocycles.